The van der Waals surface area contributed by atoms with Crippen LogP contribution >= 0.6 is 0 Å². The van der Waals surface area contributed by atoms with Crippen molar-refractivity contribution in [2.24, 2.45) is 0 Å². The molecule has 2 N–H and O–H groups in total. The van der Waals surface area contributed by atoms with E-state index in [1.54, 1.807) is 13.8 Å². The highest BCUT2D eigenvalue weighted by Crippen LogP contribution is 2.40. The van der Waals surface area contributed by atoms with Gasteiger partial charge >= 0.3 is 5.97 Å². The predicted octanol–water partition coefficient (Wildman–Crippen LogP) is 1.37. The van der Waals surface area contributed by atoms with Gasteiger partial charge in [0.2, 0.25) is 0 Å². The number of carboxylic acids is 1. The fourth-order valence-electron chi connectivity index (χ4n) is 2.00. The first-order valence-electron chi connectivity index (χ1n) is 5.82. The maximum atomic E-state index is 12.3. The van der Waals surface area contributed by atoms with Gasteiger partial charge in [-0.2, -0.15) is 0 Å². The Labute approximate surface area is 110 Å². The van der Waals surface area contributed by atoms with Crippen molar-refractivity contribution in [2.45, 2.75) is 32.4 Å². The summed E-state index contributed by atoms with van der Waals surface area (Å²) in [5.41, 5.74) is -0.832. The summed E-state index contributed by atoms with van der Waals surface area (Å²) < 4.78 is 5.53. The first-order valence-corrected chi connectivity index (χ1v) is 5.82. The summed E-state index contributed by atoms with van der Waals surface area (Å²) in [6, 6.07) is 3.21. The summed E-state index contributed by atoms with van der Waals surface area (Å²) in [4.78, 5) is 24.6. The molecule has 1 aliphatic heterocycles. The molecule has 1 amide bonds. The van der Waals surface area contributed by atoms with E-state index >= 15 is 0 Å². The summed E-state index contributed by atoms with van der Waals surface area (Å²) in [5, 5.41) is 18.6. The lowest BCUT2D eigenvalue weighted by Gasteiger charge is -2.40. The van der Waals surface area contributed by atoms with E-state index in [0.717, 1.165) is 0 Å². The molecule has 1 unspecified atom stereocenters. The molecule has 0 aromatic heterocycles. The first-order chi connectivity index (χ1) is 8.74. The Morgan fingerprint density at radius 3 is 2.63 bits per heavy atom. The van der Waals surface area contributed by atoms with Crippen LogP contribution in [0.2, 0.25) is 0 Å². The normalized spacial score (nSPS) is 18.5. The minimum atomic E-state index is -1.18. The third-order valence-electron chi connectivity index (χ3n) is 3.05. The van der Waals surface area contributed by atoms with E-state index in [9.17, 15) is 14.7 Å². The van der Waals surface area contributed by atoms with E-state index in [2.05, 4.69) is 0 Å². The number of aliphatic carboxylic acids is 1. The number of anilines is 1. The Balaban J connectivity index is 2.59. The van der Waals surface area contributed by atoms with E-state index in [1.165, 1.54) is 30.0 Å². The number of hydrogen-bond acceptors (Lipinski definition) is 4. The number of fused-ring (bicyclic) bond motifs is 1. The van der Waals surface area contributed by atoms with Crippen molar-refractivity contribution in [3.05, 3.63) is 18.2 Å². The molecule has 6 heteroatoms. The lowest BCUT2D eigenvalue weighted by molar-refractivity contribution is -0.142. The minimum Gasteiger partial charge on any atom is -0.508 e. The molecular formula is C13H15NO5. The smallest absolute Gasteiger partial charge is 0.326 e. The Hall–Kier alpha value is -2.24. The molecule has 1 aromatic rings. The molecular weight excluding hydrogens is 250 g/mol. The van der Waals surface area contributed by atoms with Gasteiger partial charge in [-0.25, -0.2) is 4.79 Å². The van der Waals surface area contributed by atoms with Gasteiger partial charge in [0.1, 0.15) is 17.5 Å². The Morgan fingerprint density at radius 2 is 2.05 bits per heavy atom. The van der Waals surface area contributed by atoms with Gasteiger partial charge in [0.05, 0.1) is 5.69 Å². The second kappa shape index (κ2) is 4.15. The van der Waals surface area contributed by atoms with Crippen molar-refractivity contribution in [3.8, 4) is 11.5 Å². The molecule has 1 heterocycles. The second-order valence-corrected chi connectivity index (χ2v) is 4.95. The first kappa shape index (κ1) is 13.2. The number of carbonyl (C=O) groups is 2. The number of rotatable bonds is 2. The summed E-state index contributed by atoms with van der Waals surface area (Å²) >= 11 is 0. The van der Waals surface area contributed by atoms with Crippen LogP contribution in [0.15, 0.2) is 18.2 Å². The largest absolute Gasteiger partial charge is 0.508 e. The Morgan fingerprint density at radius 1 is 1.42 bits per heavy atom. The average Bonchev–Trinajstić information content (AvgIpc) is 2.29. The second-order valence-electron chi connectivity index (χ2n) is 4.95. The van der Waals surface area contributed by atoms with Gasteiger partial charge in [-0.15, -0.1) is 0 Å². The van der Waals surface area contributed by atoms with Crippen LogP contribution in [0.5, 0.6) is 11.5 Å². The van der Waals surface area contributed by atoms with Crippen molar-refractivity contribution >= 4 is 17.6 Å². The SMILES string of the molecule is CC(C(=O)O)N1C(=O)C(C)(C)Oc2cc(O)ccc21. The topological polar surface area (TPSA) is 87.1 Å². The molecule has 1 atom stereocenters. The fraction of sp³-hybridized carbons (Fsp3) is 0.385. The lowest BCUT2D eigenvalue weighted by atomic mass is 10.0. The zero-order valence-corrected chi connectivity index (χ0v) is 10.9. The zero-order valence-electron chi connectivity index (χ0n) is 10.9. The van der Waals surface area contributed by atoms with Crippen LogP contribution in [0, 0.1) is 0 Å². The standard InChI is InChI=1S/C13H15NO5/c1-7(11(16)17)14-9-5-4-8(15)6-10(9)19-13(2,3)12(14)18/h4-7,15H,1-3H3,(H,16,17). The quantitative estimate of drug-likeness (QED) is 0.843. The average molecular weight is 265 g/mol. The molecule has 1 aromatic carbocycles. The number of phenols is 1. The molecule has 102 valence electrons. The van der Waals surface area contributed by atoms with Crippen LogP contribution in [-0.2, 0) is 9.59 Å². The molecule has 0 bridgehead atoms. The van der Waals surface area contributed by atoms with Gasteiger partial charge in [0.15, 0.2) is 5.60 Å². The Kier molecular flexibility index (Phi) is 2.88. The van der Waals surface area contributed by atoms with Crippen molar-refractivity contribution < 1.29 is 24.5 Å². The lowest BCUT2D eigenvalue weighted by Crippen LogP contribution is -2.57. The van der Waals surface area contributed by atoms with Gasteiger partial charge in [0, 0.05) is 6.07 Å². The van der Waals surface area contributed by atoms with Gasteiger partial charge < -0.3 is 14.9 Å². The van der Waals surface area contributed by atoms with Gasteiger partial charge in [-0.3, -0.25) is 9.69 Å². The van der Waals surface area contributed by atoms with Crippen molar-refractivity contribution in [1.29, 1.82) is 0 Å². The van der Waals surface area contributed by atoms with Crippen LogP contribution in [-0.4, -0.2) is 33.7 Å². The van der Waals surface area contributed by atoms with E-state index in [-0.39, 0.29) is 11.5 Å². The van der Waals surface area contributed by atoms with Crippen LogP contribution < -0.4 is 9.64 Å². The van der Waals surface area contributed by atoms with Gasteiger partial charge in [-0.1, -0.05) is 0 Å². The fourth-order valence-corrected chi connectivity index (χ4v) is 2.00. The van der Waals surface area contributed by atoms with E-state index < -0.39 is 23.5 Å². The number of carboxylic acid groups (broad SMARTS) is 1. The maximum Gasteiger partial charge on any atom is 0.326 e. The predicted molar refractivity (Wildman–Crippen MR) is 67.4 cm³/mol. The van der Waals surface area contributed by atoms with Crippen LogP contribution in [0.25, 0.3) is 0 Å². The van der Waals surface area contributed by atoms with E-state index in [0.29, 0.717) is 5.69 Å². The number of phenolic OH excluding ortho intramolecular Hbond substituents is 1. The number of carbonyl (C=O) groups excluding carboxylic acids is 1. The summed E-state index contributed by atoms with van der Waals surface area (Å²) in [6.07, 6.45) is 0. The molecule has 0 spiro atoms. The summed E-state index contributed by atoms with van der Waals surface area (Å²) in [7, 11) is 0. The molecule has 0 fully saturated rings. The molecule has 1 aliphatic rings. The highest BCUT2D eigenvalue weighted by molar-refractivity contribution is 6.06. The van der Waals surface area contributed by atoms with Crippen LogP contribution in [0.1, 0.15) is 20.8 Å². The highest BCUT2D eigenvalue weighted by Gasteiger charge is 2.44. The number of ether oxygens (including phenoxy) is 1. The molecule has 19 heavy (non-hydrogen) atoms. The summed E-state index contributed by atoms with van der Waals surface area (Å²) in [5.74, 6) is -1.25. The minimum absolute atomic E-state index is 0.00757. The van der Waals surface area contributed by atoms with Gasteiger partial charge in [-0.05, 0) is 32.9 Å². The highest BCUT2D eigenvalue weighted by atomic mass is 16.5. The molecule has 0 radical (unpaired) electrons. The number of nitrogens with zero attached hydrogens (tertiary/aromatic N) is 1. The van der Waals surface area contributed by atoms with E-state index in [4.69, 9.17) is 9.84 Å². The van der Waals surface area contributed by atoms with Crippen molar-refractivity contribution in [1.82, 2.24) is 0 Å². The van der Waals surface area contributed by atoms with Crippen molar-refractivity contribution in [2.75, 3.05) is 4.90 Å². The number of amides is 1. The number of aromatic hydroxyl groups is 1. The summed E-state index contributed by atoms with van der Waals surface area (Å²) in [6.45, 7) is 4.55. The zero-order chi connectivity index (χ0) is 14.4. The molecule has 0 aliphatic carbocycles. The number of benzene rings is 1. The molecule has 2 rings (SSSR count). The van der Waals surface area contributed by atoms with E-state index in [1.807, 2.05) is 0 Å². The monoisotopic (exact) mass is 265 g/mol. The van der Waals surface area contributed by atoms with Crippen LogP contribution in [0.3, 0.4) is 0 Å². The maximum absolute atomic E-state index is 12.3. The number of hydrogen-bond donors (Lipinski definition) is 2. The molecule has 0 saturated heterocycles. The van der Waals surface area contributed by atoms with Gasteiger partial charge in [0.25, 0.3) is 5.91 Å². The third kappa shape index (κ3) is 2.09. The molecule has 0 saturated carbocycles. The van der Waals surface area contributed by atoms with Crippen LogP contribution in [0.4, 0.5) is 5.69 Å². The third-order valence-corrected chi connectivity index (χ3v) is 3.05. The Bertz CT molecular complexity index is 552. The van der Waals surface area contributed by atoms with Crippen molar-refractivity contribution in [3.63, 3.8) is 0 Å². The molecule has 6 nitrogen and oxygen atoms in total.